The molecule has 0 aliphatic heterocycles. The van der Waals surface area contributed by atoms with Gasteiger partial charge in [0.05, 0.1) is 0 Å². The van der Waals surface area contributed by atoms with Gasteiger partial charge in [0.1, 0.15) is 35.5 Å². The number of halogens is 1. The minimum atomic E-state index is -1.69. The molecule has 0 aromatic heterocycles. The van der Waals surface area contributed by atoms with Gasteiger partial charge in [-0.2, -0.15) is 0 Å². The van der Waals surface area contributed by atoms with E-state index in [0.717, 1.165) is 0 Å². The Morgan fingerprint density at radius 1 is 0.492 bits per heavy atom. The van der Waals surface area contributed by atoms with Crippen LogP contribution in [0.15, 0.2) is 37.4 Å². The van der Waals surface area contributed by atoms with Crippen molar-refractivity contribution in [3.05, 3.63) is 73.8 Å². The molecule has 340 valence electrons. The quantitative estimate of drug-likeness (QED) is 0.0222. The first-order valence-electron chi connectivity index (χ1n) is 18.6. The third kappa shape index (κ3) is 14.4. The highest BCUT2D eigenvalue weighted by molar-refractivity contribution is 14.1. The van der Waals surface area contributed by atoms with Gasteiger partial charge in [-0.05, 0) is 79.3 Å². The van der Waals surface area contributed by atoms with Gasteiger partial charge >= 0.3 is 35.9 Å². The van der Waals surface area contributed by atoms with E-state index in [2.05, 4.69) is 31.9 Å². The zero-order valence-electron chi connectivity index (χ0n) is 32.6. The predicted molar refractivity (Wildman–Crippen MR) is 224 cm³/mol. The highest BCUT2D eigenvalue weighted by atomic mass is 127. The number of hydrogen-bond donors (Lipinski definition) is 14. The summed E-state index contributed by atoms with van der Waals surface area (Å²) in [5.74, 6) is -8.93. The number of carboxylic acids is 4. The molecule has 26 nitrogen and oxygen atoms in total. The highest BCUT2D eigenvalue weighted by Crippen LogP contribution is 2.16. The van der Waals surface area contributed by atoms with Crippen molar-refractivity contribution in [3.63, 3.8) is 0 Å². The minimum Gasteiger partial charge on any atom is -0.502 e. The molecule has 0 spiro atoms. The van der Waals surface area contributed by atoms with Crippen LogP contribution in [-0.2, 0) is 19.2 Å². The fourth-order valence-corrected chi connectivity index (χ4v) is 6.20. The molecule has 0 aliphatic carbocycles. The van der Waals surface area contributed by atoms with Gasteiger partial charge in [-0.1, -0.05) is 0 Å². The Morgan fingerprint density at radius 3 is 1.14 bits per heavy atom. The van der Waals surface area contributed by atoms with Crippen LogP contribution in [0, 0.1) is 3.57 Å². The van der Waals surface area contributed by atoms with E-state index in [1.807, 2.05) is 33.2 Å². The normalized spacial score (nSPS) is 12.8. The van der Waals surface area contributed by atoms with Crippen LogP contribution in [0.2, 0.25) is 0 Å². The number of unbranched alkanes of at least 4 members (excludes halogenated alkanes) is 2. The van der Waals surface area contributed by atoms with E-state index in [-0.39, 0.29) is 62.7 Å². The molecule has 0 saturated carbocycles. The predicted octanol–water partition coefficient (Wildman–Crippen LogP) is -2.67. The van der Waals surface area contributed by atoms with Gasteiger partial charge in [0.25, 0.3) is 33.5 Å². The maximum Gasteiger partial charge on any atom is 0.328 e. The Kier molecular flexibility index (Phi) is 18.3. The number of carbonyl (C=O) groups is 8. The van der Waals surface area contributed by atoms with Gasteiger partial charge in [-0.25, -0.2) is 28.8 Å². The Labute approximate surface area is 366 Å². The van der Waals surface area contributed by atoms with Crippen molar-refractivity contribution in [2.45, 2.75) is 62.7 Å². The summed E-state index contributed by atoms with van der Waals surface area (Å²) >= 11 is 1.90. The van der Waals surface area contributed by atoms with Gasteiger partial charge in [0, 0.05) is 40.9 Å². The molecule has 0 saturated heterocycles. The fourth-order valence-electron chi connectivity index (χ4n) is 5.53. The molecule has 0 fully saturated rings. The van der Waals surface area contributed by atoms with E-state index in [1.54, 1.807) is 0 Å². The third-order valence-electron chi connectivity index (χ3n) is 8.98. The number of amides is 6. The second-order valence-corrected chi connectivity index (χ2v) is 14.8. The Morgan fingerprint density at radius 2 is 0.825 bits per heavy atom. The van der Waals surface area contributed by atoms with Crippen LogP contribution in [0.3, 0.4) is 0 Å². The maximum absolute atomic E-state index is 12.9. The average Bonchev–Trinajstić information content (AvgIpc) is 3.23. The Hall–Kier alpha value is -7.33. The van der Waals surface area contributed by atoms with Crippen LogP contribution < -0.4 is 64.2 Å². The molecule has 0 bridgehead atoms. The lowest BCUT2D eigenvalue weighted by atomic mass is 10.1. The molecule has 0 aliphatic rings. The maximum atomic E-state index is 12.9. The first-order chi connectivity index (χ1) is 29.6. The molecular formula is C36H41IN8O18. The Bertz CT molecular complexity index is 2230. The minimum absolute atomic E-state index is 0.0570. The highest BCUT2D eigenvalue weighted by Gasteiger charge is 2.28. The molecule has 3 rings (SSSR count). The van der Waals surface area contributed by atoms with Crippen molar-refractivity contribution in [1.29, 1.82) is 0 Å². The van der Waals surface area contributed by atoms with E-state index in [0.29, 0.717) is 3.57 Å². The van der Waals surface area contributed by atoms with Crippen molar-refractivity contribution in [3.8, 4) is 11.5 Å². The van der Waals surface area contributed by atoms with Gasteiger partial charge in [0.15, 0.2) is 11.5 Å². The monoisotopic (exact) mass is 1000 g/mol. The second kappa shape index (κ2) is 23.0. The summed E-state index contributed by atoms with van der Waals surface area (Å²) in [5, 5.41) is 74.6. The summed E-state index contributed by atoms with van der Waals surface area (Å²) in [6, 6.07) is -4.33. The second-order valence-electron chi connectivity index (χ2n) is 13.6. The number of nitrogens with one attached hydrogen (secondary N) is 8. The van der Waals surface area contributed by atoms with Crippen LogP contribution in [0.4, 0.5) is 21.0 Å². The number of hydrogen-bond acceptors (Lipinski definition) is 16. The molecule has 0 radical (unpaired) electrons. The fraction of sp³-hybridized carbons (Fsp3) is 0.389. The number of aromatic hydroxyl groups is 2. The molecule has 0 heterocycles. The summed E-state index contributed by atoms with van der Waals surface area (Å²) in [6.07, 6.45) is 0.565. The van der Waals surface area contributed by atoms with Crippen molar-refractivity contribution in [1.82, 2.24) is 31.9 Å². The number of urea groups is 2. The molecule has 4 atom stereocenters. The topological polar surface area (TPSA) is 422 Å². The summed E-state index contributed by atoms with van der Waals surface area (Å²) in [7, 11) is 0. The molecular weight excluding hydrogens is 959 g/mol. The molecule has 3 aromatic rings. The summed E-state index contributed by atoms with van der Waals surface area (Å²) in [4.78, 5) is 142. The van der Waals surface area contributed by atoms with E-state index < -0.39 is 130 Å². The van der Waals surface area contributed by atoms with Gasteiger partial charge in [-0.3, -0.25) is 28.8 Å². The van der Waals surface area contributed by atoms with E-state index in [9.17, 15) is 88.2 Å². The van der Waals surface area contributed by atoms with Crippen LogP contribution in [0.25, 0.3) is 0 Å². The van der Waals surface area contributed by atoms with Gasteiger partial charge < -0.3 is 73.2 Å². The van der Waals surface area contributed by atoms with Crippen molar-refractivity contribution in [2.75, 3.05) is 36.8 Å². The van der Waals surface area contributed by atoms with Crippen molar-refractivity contribution >= 4 is 81.7 Å². The lowest BCUT2D eigenvalue weighted by Crippen LogP contribution is -2.53. The number of anilines is 2. The number of carboxylic acid groups (broad SMARTS) is 4. The third-order valence-corrected chi connectivity index (χ3v) is 9.61. The largest absolute Gasteiger partial charge is 0.502 e. The molecule has 0 unspecified atom stereocenters. The number of rotatable bonds is 26. The summed E-state index contributed by atoms with van der Waals surface area (Å²) in [6.45, 7) is -1.14. The van der Waals surface area contributed by atoms with Gasteiger partial charge in [0.2, 0.25) is 0 Å². The summed E-state index contributed by atoms with van der Waals surface area (Å²) < 4.78 is 0.526. The zero-order chi connectivity index (χ0) is 47.1. The number of carbonyl (C=O) groups excluding carboxylic acids is 4. The summed E-state index contributed by atoms with van der Waals surface area (Å²) in [5.41, 5.74) is -5.28. The van der Waals surface area contributed by atoms with Gasteiger partial charge in [-0.15, -0.1) is 0 Å². The van der Waals surface area contributed by atoms with E-state index in [4.69, 9.17) is 0 Å². The number of aliphatic carboxylic acids is 4. The number of benzene rings is 1. The zero-order valence-corrected chi connectivity index (χ0v) is 34.7. The smallest absolute Gasteiger partial charge is 0.328 e. The van der Waals surface area contributed by atoms with Crippen molar-refractivity contribution < 1.29 is 69.0 Å². The SMILES string of the molecule is O=C(N[C@@H](CCCCNC(=O)c1cc(I)cc(C(=O)NCCCC[C@H](NC(=O)N[C@@H](CNc2c(O)c(=O)c2=O)C(=O)O)C(=O)O)c1)C(=O)O)N[C@@H](CNc1c(O)c(=O)c1=O)C(=O)O. The average molecular weight is 1000 g/mol. The Balaban J connectivity index is 1.39. The first-order valence-corrected chi connectivity index (χ1v) is 19.6. The van der Waals surface area contributed by atoms with E-state index >= 15 is 0 Å². The molecule has 27 heteroatoms. The lowest BCUT2D eigenvalue weighted by Gasteiger charge is -2.19. The van der Waals surface area contributed by atoms with Crippen molar-refractivity contribution in [2.24, 2.45) is 0 Å². The standard InChI is InChI=1S/C36H41IN8O18/c37-16-10-14(29(52)38-7-3-1-5-17(31(54)55)42-35(62)44-19(33(58)59)12-40-21-23(46)27(50)24(21)47)9-15(11-16)30(53)39-8-4-2-6-18(32(56)57)43-36(63)45-20(34(60)61)13-41-22-25(48)28(51)26(22)49/h9-11,17-20,40-41,46,48H,1-8,12-13H2,(H,38,52)(H,39,53)(H,54,55)(H,56,57)(H,58,59)(H,60,61)(H2,42,44,62)(H2,43,45,63)/t17-,18-,19-,20-/m0/s1. The van der Waals surface area contributed by atoms with Crippen LogP contribution in [-0.4, -0.2) is 129 Å². The van der Waals surface area contributed by atoms with Crippen LogP contribution >= 0.6 is 22.6 Å². The van der Waals surface area contributed by atoms with Crippen LogP contribution in [0.5, 0.6) is 11.5 Å². The molecule has 6 amide bonds. The molecule has 14 N–H and O–H groups in total. The first kappa shape index (κ1) is 50.0. The van der Waals surface area contributed by atoms with Crippen LogP contribution in [0.1, 0.15) is 59.2 Å². The lowest BCUT2D eigenvalue weighted by molar-refractivity contribution is -0.140. The molecule has 63 heavy (non-hydrogen) atoms. The van der Waals surface area contributed by atoms with E-state index in [1.165, 1.54) is 18.2 Å². The molecule has 3 aromatic carbocycles.